The first-order valence-corrected chi connectivity index (χ1v) is 11.8. The zero-order valence-electron chi connectivity index (χ0n) is 19.3. The van der Waals surface area contributed by atoms with E-state index < -0.39 is 33.9 Å². The summed E-state index contributed by atoms with van der Waals surface area (Å²) in [5.41, 5.74) is -0.363. The summed E-state index contributed by atoms with van der Waals surface area (Å²) in [6.45, 7) is 3.89. The molecular weight excluding hydrogens is 449 g/mol. The molecular formula is C23H23B4F3N4O. The molecule has 1 N–H and O–H groups in total. The second-order valence-corrected chi connectivity index (χ2v) is 10.1. The van der Waals surface area contributed by atoms with Crippen LogP contribution in [0.25, 0.3) is 11.3 Å². The predicted octanol–water partition coefficient (Wildman–Crippen LogP) is 2.24. The van der Waals surface area contributed by atoms with Crippen molar-refractivity contribution in [3.05, 3.63) is 41.7 Å². The molecule has 1 aliphatic carbocycles. The van der Waals surface area contributed by atoms with E-state index in [1.54, 1.807) is 0 Å². The Bertz CT molecular complexity index is 1060. The summed E-state index contributed by atoms with van der Waals surface area (Å²) in [6.07, 6.45) is 2.06. The largest absolute Gasteiger partial charge is 0.381 e. The number of nitrogens with one attached hydrogen (secondary N) is 1. The van der Waals surface area contributed by atoms with E-state index in [0.29, 0.717) is 25.1 Å². The highest BCUT2D eigenvalue weighted by atomic mass is 19.2. The van der Waals surface area contributed by atoms with Gasteiger partial charge in [0, 0.05) is 50.5 Å². The van der Waals surface area contributed by atoms with Gasteiger partial charge in [0.05, 0.1) is 37.1 Å². The Labute approximate surface area is 208 Å². The van der Waals surface area contributed by atoms with Gasteiger partial charge in [-0.3, -0.25) is 0 Å². The molecule has 1 aromatic heterocycles. The lowest BCUT2D eigenvalue weighted by Crippen LogP contribution is -2.45. The van der Waals surface area contributed by atoms with Gasteiger partial charge in [-0.2, -0.15) is 0 Å². The zero-order chi connectivity index (χ0) is 25.0. The Morgan fingerprint density at radius 3 is 2.23 bits per heavy atom. The average molecular weight is 472 g/mol. The van der Waals surface area contributed by atoms with Crippen LogP contribution in [0.1, 0.15) is 12.8 Å². The molecule has 1 aromatic carbocycles. The quantitative estimate of drug-likeness (QED) is 0.535. The third-order valence-electron chi connectivity index (χ3n) is 7.76. The van der Waals surface area contributed by atoms with Crippen molar-refractivity contribution in [2.45, 2.75) is 29.3 Å². The van der Waals surface area contributed by atoms with Crippen molar-refractivity contribution in [2.75, 3.05) is 38.2 Å². The molecule has 3 aliphatic rings. The van der Waals surface area contributed by atoms with Crippen molar-refractivity contribution in [2.24, 2.45) is 17.8 Å². The number of halogens is 3. The van der Waals surface area contributed by atoms with E-state index in [-0.39, 0.29) is 28.9 Å². The van der Waals surface area contributed by atoms with Gasteiger partial charge in [-0.05, 0) is 48.8 Å². The summed E-state index contributed by atoms with van der Waals surface area (Å²) in [5.74, 6) is -2.87. The van der Waals surface area contributed by atoms with Crippen molar-refractivity contribution in [1.82, 2.24) is 15.1 Å². The Balaban J connectivity index is 1.31. The van der Waals surface area contributed by atoms with E-state index in [1.165, 1.54) is 12.1 Å². The first-order chi connectivity index (χ1) is 16.6. The maximum atomic E-state index is 14.1. The number of hydrogen-bond acceptors (Lipinski definition) is 5. The van der Waals surface area contributed by atoms with Crippen LogP contribution >= 0.6 is 0 Å². The van der Waals surface area contributed by atoms with E-state index in [0.717, 1.165) is 38.7 Å². The Morgan fingerprint density at radius 2 is 1.63 bits per heavy atom. The minimum absolute atomic E-state index is 0.0305. The lowest BCUT2D eigenvalue weighted by Gasteiger charge is -2.42. The first-order valence-electron chi connectivity index (χ1n) is 11.8. The molecule has 0 bridgehead atoms. The molecule has 3 heterocycles. The fourth-order valence-corrected chi connectivity index (χ4v) is 5.90. The molecule has 2 aliphatic heterocycles. The fourth-order valence-electron chi connectivity index (χ4n) is 5.90. The zero-order valence-corrected chi connectivity index (χ0v) is 19.3. The standard InChI is InChI=1S/C23H23B4F3N4O/c24-22(25)15-10-34(9-12-3-5-35-6-4-12)11-16(15)23(26,27)21(22)31-19-2-1-18(32-33-19)14-7-13(28)8-17(29)20(14)30/h1-2,7-8,12,15-16,21H,3-6,9-11H2,(H,31,33)/t15-,16+,21?. The van der Waals surface area contributed by atoms with Crippen LogP contribution < -0.4 is 5.32 Å². The van der Waals surface area contributed by atoms with Gasteiger partial charge in [0.25, 0.3) is 0 Å². The number of rotatable bonds is 5. The minimum Gasteiger partial charge on any atom is -0.381 e. The van der Waals surface area contributed by atoms with Gasteiger partial charge in [-0.15, -0.1) is 10.2 Å². The topological polar surface area (TPSA) is 50.3 Å². The van der Waals surface area contributed by atoms with Crippen LogP contribution in [-0.4, -0.2) is 85.4 Å². The molecule has 3 fully saturated rings. The molecule has 3 atom stereocenters. The number of anilines is 1. The Morgan fingerprint density at radius 1 is 0.971 bits per heavy atom. The van der Waals surface area contributed by atoms with Crippen LogP contribution in [0.4, 0.5) is 19.0 Å². The highest BCUT2D eigenvalue weighted by Crippen LogP contribution is 2.62. The summed E-state index contributed by atoms with van der Waals surface area (Å²) < 4.78 is 46.7. The Hall–Kier alpha value is -1.93. The number of hydrogen-bond donors (Lipinski definition) is 1. The normalized spacial score (nSPS) is 28.1. The first kappa shape index (κ1) is 24.8. The molecule has 35 heavy (non-hydrogen) atoms. The van der Waals surface area contributed by atoms with E-state index in [2.05, 4.69) is 20.4 Å². The number of benzene rings is 1. The lowest BCUT2D eigenvalue weighted by atomic mass is 9.41. The molecule has 0 spiro atoms. The molecule has 1 saturated carbocycles. The minimum atomic E-state index is -1.31. The Kier molecular flexibility index (Phi) is 6.49. The summed E-state index contributed by atoms with van der Waals surface area (Å²) in [4.78, 5) is 2.34. The van der Waals surface area contributed by atoms with Crippen LogP contribution in [0.3, 0.4) is 0 Å². The average Bonchev–Trinajstić information content (AvgIpc) is 3.31. The second kappa shape index (κ2) is 9.18. The van der Waals surface area contributed by atoms with Gasteiger partial charge in [0.15, 0.2) is 11.6 Å². The third kappa shape index (κ3) is 4.52. The highest BCUT2D eigenvalue weighted by molar-refractivity contribution is 6.47. The monoisotopic (exact) mass is 472 g/mol. The van der Waals surface area contributed by atoms with Gasteiger partial charge in [0.2, 0.25) is 0 Å². The summed E-state index contributed by atoms with van der Waals surface area (Å²) in [6, 6.07) is 3.48. The van der Waals surface area contributed by atoms with Gasteiger partial charge in [0.1, 0.15) is 11.6 Å². The van der Waals surface area contributed by atoms with Gasteiger partial charge < -0.3 is 15.0 Å². The molecule has 5 rings (SSSR count). The molecule has 174 valence electrons. The van der Waals surface area contributed by atoms with Gasteiger partial charge in [-0.25, -0.2) is 13.2 Å². The van der Waals surface area contributed by atoms with Gasteiger partial charge in [-0.1, -0.05) is 10.4 Å². The summed E-state index contributed by atoms with van der Waals surface area (Å²) >= 11 is 0. The van der Waals surface area contributed by atoms with Crippen LogP contribution in [0, 0.1) is 35.2 Å². The molecule has 2 saturated heterocycles. The van der Waals surface area contributed by atoms with Crippen LogP contribution in [0.5, 0.6) is 0 Å². The molecule has 12 heteroatoms. The van der Waals surface area contributed by atoms with E-state index in [1.807, 2.05) is 0 Å². The number of aromatic nitrogens is 2. The lowest BCUT2D eigenvalue weighted by molar-refractivity contribution is 0.0544. The molecule has 0 amide bonds. The SMILES string of the molecule is [B]C1([B])C(Nc2ccc(-c3cc(F)cc(F)c3F)nn2)C([B])([B])[C@H]2CN(CC3CCOCC3)C[C@H]21. The van der Waals surface area contributed by atoms with Crippen molar-refractivity contribution < 1.29 is 17.9 Å². The third-order valence-corrected chi connectivity index (χ3v) is 7.76. The number of ether oxygens (including phenoxy) is 1. The molecule has 8 radical (unpaired) electrons. The molecule has 1 unspecified atom stereocenters. The van der Waals surface area contributed by atoms with Crippen molar-refractivity contribution in [1.29, 1.82) is 0 Å². The van der Waals surface area contributed by atoms with Crippen LogP contribution in [-0.2, 0) is 4.74 Å². The maximum Gasteiger partial charge on any atom is 0.168 e. The van der Waals surface area contributed by atoms with Crippen LogP contribution in [0.15, 0.2) is 24.3 Å². The maximum absolute atomic E-state index is 14.1. The number of fused-ring (bicyclic) bond motifs is 1. The number of likely N-dealkylation sites (tertiary alicyclic amines) is 1. The molecule has 2 aromatic rings. The smallest absolute Gasteiger partial charge is 0.168 e. The van der Waals surface area contributed by atoms with E-state index in [9.17, 15) is 13.2 Å². The van der Waals surface area contributed by atoms with Crippen molar-refractivity contribution >= 4 is 37.2 Å². The summed E-state index contributed by atoms with van der Waals surface area (Å²) in [7, 11) is 26.5. The van der Waals surface area contributed by atoms with Crippen molar-refractivity contribution in [3.63, 3.8) is 0 Å². The van der Waals surface area contributed by atoms with E-state index >= 15 is 0 Å². The van der Waals surface area contributed by atoms with Gasteiger partial charge >= 0.3 is 0 Å². The van der Waals surface area contributed by atoms with Crippen LogP contribution in [0.2, 0.25) is 10.4 Å². The second-order valence-electron chi connectivity index (χ2n) is 10.1. The van der Waals surface area contributed by atoms with E-state index in [4.69, 9.17) is 36.1 Å². The fraction of sp³-hybridized carbons (Fsp3) is 0.565. The molecule has 5 nitrogen and oxygen atoms in total. The van der Waals surface area contributed by atoms with Crippen molar-refractivity contribution in [3.8, 4) is 11.3 Å². The summed E-state index contributed by atoms with van der Waals surface area (Å²) in [5, 5.41) is 8.59. The number of nitrogens with zero attached hydrogens (tertiary/aromatic N) is 3. The highest BCUT2D eigenvalue weighted by Gasteiger charge is 2.60. The predicted molar refractivity (Wildman–Crippen MR) is 130 cm³/mol.